The summed E-state index contributed by atoms with van der Waals surface area (Å²) in [5.74, 6) is -0.567. The number of nitrogens with one attached hydrogen (secondary N) is 1. The third-order valence-corrected chi connectivity index (χ3v) is 5.17. The summed E-state index contributed by atoms with van der Waals surface area (Å²) in [5.41, 5.74) is 0.0292. The van der Waals surface area contributed by atoms with Crippen molar-refractivity contribution >= 4 is 11.9 Å². The molecule has 1 aliphatic rings. The maximum atomic E-state index is 12.5. The minimum absolute atomic E-state index is 0.0145. The van der Waals surface area contributed by atoms with Gasteiger partial charge in [-0.15, -0.1) is 6.42 Å². The molecule has 1 rings (SSSR count). The SMILES string of the molecule is CC1(C)CC(C)(C)CC(C)(NC(=O)CCC(=O)O[C@H](C[CH-]O[O-])C[N+](C)(C)C)C1. The van der Waals surface area contributed by atoms with Crippen LogP contribution in [-0.4, -0.2) is 55.7 Å². The summed E-state index contributed by atoms with van der Waals surface area (Å²) in [5, 5.41) is 13.4. The van der Waals surface area contributed by atoms with Crippen LogP contribution in [0.3, 0.4) is 0 Å². The summed E-state index contributed by atoms with van der Waals surface area (Å²) < 4.78 is 6.05. The maximum absolute atomic E-state index is 12.5. The number of likely N-dealkylation sites (N-methyl/N-ethyl adjacent to an activating group) is 1. The number of nitrogens with zero attached hydrogens (tertiary/aromatic N) is 1. The third kappa shape index (κ3) is 10.4. The molecule has 0 saturated heterocycles. The van der Waals surface area contributed by atoms with Gasteiger partial charge in [0.1, 0.15) is 12.6 Å². The number of esters is 1. The van der Waals surface area contributed by atoms with Crippen molar-refractivity contribution < 1.29 is 29.0 Å². The van der Waals surface area contributed by atoms with Crippen molar-refractivity contribution in [2.24, 2.45) is 10.8 Å². The molecule has 1 amide bonds. The first-order valence-electron chi connectivity index (χ1n) is 10.5. The third-order valence-electron chi connectivity index (χ3n) is 5.17. The fourth-order valence-corrected chi connectivity index (χ4v) is 5.46. The molecular weight excluding hydrogens is 372 g/mol. The zero-order chi connectivity index (χ0) is 22.5. The Kier molecular flexibility index (Phi) is 8.69. The van der Waals surface area contributed by atoms with Crippen molar-refractivity contribution in [3.05, 3.63) is 6.61 Å². The Labute approximate surface area is 176 Å². The van der Waals surface area contributed by atoms with E-state index in [1.54, 1.807) is 0 Å². The van der Waals surface area contributed by atoms with Gasteiger partial charge in [0.15, 0.2) is 0 Å². The Morgan fingerprint density at radius 2 is 1.59 bits per heavy atom. The zero-order valence-corrected chi connectivity index (χ0v) is 19.6. The number of hydrogen-bond acceptors (Lipinski definition) is 5. The van der Waals surface area contributed by atoms with E-state index in [2.05, 4.69) is 44.8 Å². The van der Waals surface area contributed by atoms with Crippen molar-refractivity contribution in [1.82, 2.24) is 5.32 Å². The summed E-state index contributed by atoms with van der Waals surface area (Å²) in [7, 11) is 5.92. The van der Waals surface area contributed by atoms with E-state index in [1.807, 2.05) is 21.1 Å². The Morgan fingerprint density at radius 1 is 1.03 bits per heavy atom. The van der Waals surface area contributed by atoms with E-state index >= 15 is 0 Å². The largest absolute Gasteiger partial charge is 0.759 e. The van der Waals surface area contributed by atoms with Crippen LogP contribution in [0.1, 0.15) is 73.1 Å². The van der Waals surface area contributed by atoms with Gasteiger partial charge in [0.2, 0.25) is 5.91 Å². The normalized spacial score (nSPS) is 21.3. The van der Waals surface area contributed by atoms with E-state index in [0.29, 0.717) is 11.0 Å². The molecule has 1 N–H and O–H groups in total. The highest BCUT2D eigenvalue weighted by atomic mass is 17.1. The molecular formula is C22H41N2O5-. The topological polar surface area (TPSA) is 87.7 Å². The summed E-state index contributed by atoms with van der Waals surface area (Å²) in [4.78, 5) is 28.5. The predicted octanol–water partition coefficient (Wildman–Crippen LogP) is 2.34. The summed E-state index contributed by atoms with van der Waals surface area (Å²) in [6.07, 6.45) is 2.81. The van der Waals surface area contributed by atoms with Gasteiger partial charge in [0.25, 0.3) is 0 Å². The molecule has 1 saturated carbocycles. The second kappa shape index (κ2) is 9.75. The number of ether oxygens (including phenoxy) is 1. The summed E-state index contributed by atoms with van der Waals surface area (Å²) >= 11 is 0. The molecule has 0 aromatic carbocycles. The quantitative estimate of drug-likeness (QED) is 0.195. The zero-order valence-electron chi connectivity index (χ0n) is 19.6. The number of carbonyl (C=O) groups is 2. The minimum atomic E-state index is -0.461. The number of amides is 1. The molecule has 0 aromatic rings. The lowest BCUT2D eigenvalue weighted by molar-refractivity contribution is -0.873. The van der Waals surface area contributed by atoms with Crippen LogP contribution in [0.2, 0.25) is 0 Å². The van der Waals surface area contributed by atoms with Crippen LogP contribution >= 0.6 is 0 Å². The van der Waals surface area contributed by atoms with Gasteiger partial charge in [0.05, 0.1) is 27.6 Å². The van der Waals surface area contributed by atoms with E-state index in [1.165, 1.54) is 0 Å². The van der Waals surface area contributed by atoms with E-state index < -0.39 is 12.1 Å². The highest BCUT2D eigenvalue weighted by Gasteiger charge is 2.45. The Hall–Kier alpha value is -1.18. The minimum Gasteiger partial charge on any atom is -0.759 e. The molecule has 29 heavy (non-hydrogen) atoms. The van der Waals surface area contributed by atoms with Crippen molar-refractivity contribution in [2.75, 3.05) is 27.7 Å². The fourth-order valence-electron chi connectivity index (χ4n) is 5.46. The molecule has 0 radical (unpaired) electrons. The molecule has 0 unspecified atom stereocenters. The summed E-state index contributed by atoms with van der Waals surface area (Å²) in [6.45, 7) is 12.7. The summed E-state index contributed by atoms with van der Waals surface area (Å²) in [6, 6.07) is 0. The first kappa shape index (κ1) is 25.9. The van der Waals surface area contributed by atoms with Crippen molar-refractivity contribution in [3.63, 3.8) is 0 Å². The van der Waals surface area contributed by atoms with Gasteiger partial charge >= 0.3 is 5.97 Å². The molecule has 7 heteroatoms. The van der Waals surface area contributed by atoms with E-state index in [9.17, 15) is 14.8 Å². The molecule has 170 valence electrons. The van der Waals surface area contributed by atoms with Gasteiger partial charge in [-0.25, -0.2) is 6.61 Å². The van der Waals surface area contributed by atoms with Crippen LogP contribution in [0.4, 0.5) is 0 Å². The lowest BCUT2D eigenvalue weighted by atomic mass is 9.59. The first-order chi connectivity index (χ1) is 13.0. The molecule has 0 spiro atoms. The van der Waals surface area contributed by atoms with Crippen molar-refractivity contribution in [3.8, 4) is 0 Å². The van der Waals surface area contributed by atoms with Gasteiger partial charge in [-0.3, -0.25) is 9.59 Å². The van der Waals surface area contributed by atoms with Crippen LogP contribution in [0.25, 0.3) is 0 Å². The fraction of sp³-hybridized carbons (Fsp3) is 0.864. The van der Waals surface area contributed by atoms with Gasteiger partial charge in [0, 0.05) is 12.0 Å². The predicted molar refractivity (Wildman–Crippen MR) is 110 cm³/mol. The maximum Gasteiger partial charge on any atom is 0.306 e. The molecule has 7 nitrogen and oxygen atoms in total. The standard InChI is InChI=1S/C22H42N2O5/c1-20(2)14-21(3,4)16-22(5,15-20)23-18(25)9-10-19(26)29-17(11-12-28-27)13-24(6,7)8/h12,17,27H,9-11,13-16H2,1-8H3,(H,23,25)/p-1/t17-/m1/s1. The van der Waals surface area contributed by atoms with Gasteiger partial charge in [-0.2, -0.15) is 0 Å². The average molecular weight is 414 g/mol. The monoisotopic (exact) mass is 413 g/mol. The molecule has 1 atom stereocenters. The highest BCUT2D eigenvalue weighted by Crippen LogP contribution is 2.49. The molecule has 0 aliphatic heterocycles. The molecule has 0 heterocycles. The number of rotatable bonds is 10. The average Bonchev–Trinajstić information content (AvgIpc) is 2.44. The number of quaternary nitrogens is 1. The molecule has 1 aliphatic carbocycles. The molecule has 0 bridgehead atoms. The van der Waals surface area contributed by atoms with Gasteiger partial charge < -0.3 is 24.7 Å². The lowest BCUT2D eigenvalue weighted by Crippen LogP contribution is -2.54. The van der Waals surface area contributed by atoms with Gasteiger partial charge in [-0.05, 0) is 37.0 Å². The van der Waals surface area contributed by atoms with Gasteiger partial charge in [-0.1, -0.05) is 27.7 Å². The van der Waals surface area contributed by atoms with Crippen molar-refractivity contribution in [2.45, 2.75) is 84.8 Å². The smallest absolute Gasteiger partial charge is 0.306 e. The van der Waals surface area contributed by atoms with Crippen LogP contribution in [0, 0.1) is 17.4 Å². The van der Waals surface area contributed by atoms with E-state index in [4.69, 9.17) is 4.74 Å². The second-order valence-electron chi connectivity index (χ2n) is 11.6. The molecule has 0 aromatic heterocycles. The van der Waals surface area contributed by atoms with E-state index in [-0.39, 0.29) is 41.5 Å². The Balaban J connectivity index is 2.56. The lowest BCUT2D eigenvalue weighted by Gasteiger charge is -2.51. The van der Waals surface area contributed by atoms with Crippen LogP contribution in [0.15, 0.2) is 0 Å². The second-order valence-corrected chi connectivity index (χ2v) is 11.6. The number of hydrogen-bond donors (Lipinski definition) is 1. The van der Waals surface area contributed by atoms with Crippen LogP contribution in [-0.2, 0) is 19.2 Å². The highest BCUT2D eigenvalue weighted by molar-refractivity contribution is 5.81. The number of carbonyl (C=O) groups excluding carboxylic acids is 2. The van der Waals surface area contributed by atoms with Crippen LogP contribution in [0.5, 0.6) is 0 Å². The Morgan fingerprint density at radius 3 is 2.07 bits per heavy atom. The van der Waals surface area contributed by atoms with Crippen LogP contribution < -0.4 is 10.6 Å². The van der Waals surface area contributed by atoms with Crippen molar-refractivity contribution in [1.29, 1.82) is 0 Å². The first-order valence-corrected chi connectivity index (χ1v) is 10.5. The Bertz CT molecular complexity index is 550. The van der Waals surface area contributed by atoms with E-state index in [0.717, 1.165) is 25.9 Å². The molecule has 1 fully saturated rings.